The first-order valence-corrected chi connectivity index (χ1v) is 6.30. The quantitative estimate of drug-likeness (QED) is 0.771. The van der Waals surface area contributed by atoms with Gasteiger partial charge in [-0.3, -0.25) is 0 Å². The Morgan fingerprint density at radius 3 is 2.06 bits per heavy atom. The number of rotatable bonds is 5. The van der Waals surface area contributed by atoms with E-state index in [2.05, 4.69) is 5.32 Å². The van der Waals surface area contributed by atoms with Gasteiger partial charge in [-0.25, -0.2) is 9.59 Å². The summed E-state index contributed by atoms with van der Waals surface area (Å²) >= 11 is 0. The highest BCUT2D eigenvalue weighted by Gasteiger charge is 2.39. The molecule has 0 heterocycles. The Morgan fingerprint density at radius 2 is 1.72 bits per heavy atom. The van der Waals surface area contributed by atoms with E-state index in [4.69, 9.17) is 9.47 Å². The molecule has 0 aliphatic carbocycles. The van der Waals surface area contributed by atoms with E-state index in [1.54, 1.807) is 20.8 Å². The number of carbonyl (C=O) groups is 2. The van der Waals surface area contributed by atoms with E-state index < -0.39 is 23.2 Å². The summed E-state index contributed by atoms with van der Waals surface area (Å²) < 4.78 is 9.96. The predicted molar refractivity (Wildman–Crippen MR) is 69.3 cm³/mol. The molecular formula is C13H25NO4. The summed E-state index contributed by atoms with van der Waals surface area (Å²) in [5.74, 6) is -0.433. The zero-order valence-corrected chi connectivity index (χ0v) is 12.3. The molecule has 0 aromatic carbocycles. The number of hydrogen-bond acceptors (Lipinski definition) is 4. The second-order valence-electron chi connectivity index (χ2n) is 5.30. The lowest BCUT2D eigenvalue weighted by Crippen LogP contribution is -2.55. The summed E-state index contributed by atoms with van der Waals surface area (Å²) in [6, 6.07) is 0. The van der Waals surface area contributed by atoms with Crippen molar-refractivity contribution in [2.75, 3.05) is 7.11 Å². The standard InChI is InChI=1S/C13H25NO4/c1-7-9-13(8-2,10(15)17-6)14-11(16)18-12(3,4)5/h7-9H2,1-6H3,(H,14,16). The van der Waals surface area contributed by atoms with Gasteiger partial charge in [-0.1, -0.05) is 20.3 Å². The van der Waals surface area contributed by atoms with Crippen LogP contribution in [0.15, 0.2) is 0 Å². The molecule has 5 heteroatoms. The van der Waals surface area contributed by atoms with Crippen molar-refractivity contribution < 1.29 is 19.1 Å². The van der Waals surface area contributed by atoms with Crippen LogP contribution in [0.3, 0.4) is 0 Å². The van der Waals surface area contributed by atoms with E-state index in [0.29, 0.717) is 12.8 Å². The smallest absolute Gasteiger partial charge is 0.408 e. The molecule has 5 nitrogen and oxygen atoms in total. The monoisotopic (exact) mass is 259 g/mol. The Hall–Kier alpha value is -1.26. The lowest BCUT2D eigenvalue weighted by molar-refractivity contribution is -0.149. The van der Waals surface area contributed by atoms with Crippen LogP contribution in [0.25, 0.3) is 0 Å². The van der Waals surface area contributed by atoms with Crippen molar-refractivity contribution in [2.24, 2.45) is 0 Å². The van der Waals surface area contributed by atoms with Crippen LogP contribution in [0.5, 0.6) is 0 Å². The molecule has 18 heavy (non-hydrogen) atoms. The summed E-state index contributed by atoms with van der Waals surface area (Å²) in [5, 5.41) is 2.65. The van der Waals surface area contributed by atoms with Crippen molar-refractivity contribution in [1.82, 2.24) is 5.32 Å². The number of hydrogen-bond donors (Lipinski definition) is 1. The molecule has 0 aromatic rings. The summed E-state index contributed by atoms with van der Waals surface area (Å²) in [4.78, 5) is 23.7. The maximum absolute atomic E-state index is 11.9. The average Bonchev–Trinajstić information content (AvgIpc) is 2.24. The first-order chi connectivity index (χ1) is 8.20. The average molecular weight is 259 g/mol. The van der Waals surface area contributed by atoms with Crippen LogP contribution < -0.4 is 5.32 Å². The van der Waals surface area contributed by atoms with Crippen molar-refractivity contribution in [2.45, 2.75) is 65.0 Å². The van der Waals surface area contributed by atoms with E-state index >= 15 is 0 Å². The van der Waals surface area contributed by atoms with Gasteiger partial charge in [-0.05, 0) is 33.6 Å². The van der Waals surface area contributed by atoms with Gasteiger partial charge in [-0.2, -0.15) is 0 Å². The normalized spacial score (nSPS) is 14.6. The molecule has 1 amide bonds. The van der Waals surface area contributed by atoms with Crippen LogP contribution in [0.1, 0.15) is 53.9 Å². The molecule has 1 atom stereocenters. The van der Waals surface area contributed by atoms with E-state index in [1.807, 2.05) is 13.8 Å². The Kier molecular flexibility index (Phi) is 6.15. The third-order valence-electron chi connectivity index (χ3n) is 2.60. The van der Waals surface area contributed by atoms with Crippen molar-refractivity contribution in [3.63, 3.8) is 0 Å². The minimum absolute atomic E-state index is 0.433. The van der Waals surface area contributed by atoms with E-state index in [0.717, 1.165) is 6.42 Å². The molecule has 0 aliphatic rings. The first-order valence-electron chi connectivity index (χ1n) is 6.30. The third-order valence-corrected chi connectivity index (χ3v) is 2.60. The molecule has 0 bridgehead atoms. The van der Waals surface area contributed by atoms with Crippen LogP contribution >= 0.6 is 0 Å². The molecule has 0 radical (unpaired) electrons. The van der Waals surface area contributed by atoms with Crippen molar-refractivity contribution in [3.8, 4) is 0 Å². The minimum Gasteiger partial charge on any atom is -0.467 e. The highest BCUT2D eigenvalue weighted by molar-refractivity contribution is 5.85. The number of alkyl carbamates (subject to hydrolysis) is 1. The molecule has 0 rings (SSSR count). The Morgan fingerprint density at radius 1 is 1.17 bits per heavy atom. The topological polar surface area (TPSA) is 64.6 Å². The fourth-order valence-corrected chi connectivity index (χ4v) is 1.75. The van der Waals surface area contributed by atoms with Gasteiger partial charge in [0.15, 0.2) is 0 Å². The highest BCUT2D eigenvalue weighted by Crippen LogP contribution is 2.20. The predicted octanol–water partition coefficient (Wildman–Crippen LogP) is 2.63. The number of amides is 1. The van der Waals surface area contributed by atoms with E-state index in [9.17, 15) is 9.59 Å². The minimum atomic E-state index is -0.994. The molecule has 0 aromatic heterocycles. The van der Waals surface area contributed by atoms with Gasteiger partial charge in [0.2, 0.25) is 0 Å². The van der Waals surface area contributed by atoms with Crippen LogP contribution in [0.4, 0.5) is 4.79 Å². The Labute approximate surface area is 109 Å². The van der Waals surface area contributed by atoms with E-state index in [-0.39, 0.29) is 0 Å². The van der Waals surface area contributed by atoms with Crippen LogP contribution in [0.2, 0.25) is 0 Å². The van der Waals surface area contributed by atoms with Gasteiger partial charge < -0.3 is 14.8 Å². The number of carbonyl (C=O) groups excluding carboxylic acids is 2. The highest BCUT2D eigenvalue weighted by atomic mass is 16.6. The SMILES string of the molecule is CCCC(CC)(NC(=O)OC(C)(C)C)C(=O)OC. The van der Waals surface area contributed by atoms with Crippen LogP contribution in [-0.2, 0) is 14.3 Å². The zero-order chi connectivity index (χ0) is 14.4. The molecule has 0 fully saturated rings. The lowest BCUT2D eigenvalue weighted by atomic mass is 9.91. The fourth-order valence-electron chi connectivity index (χ4n) is 1.75. The Bertz CT molecular complexity index is 296. The van der Waals surface area contributed by atoms with Gasteiger partial charge >= 0.3 is 12.1 Å². The molecule has 1 unspecified atom stereocenters. The largest absolute Gasteiger partial charge is 0.467 e. The van der Waals surface area contributed by atoms with Gasteiger partial charge in [0.05, 0.1) is 7.11 Å². The van der Waals surface area contributed by atoms with Crippen LogP contribution in [-0.4, -0.2) is 30.3 Å². The first kappa shape index (κ1) is 16.7. The summed E-state index contributed by atoms with van der Waals surface area (Å²) in [6.07, 6.45) is 1.16. The number of methoxy groups -OCH3 is 1. The van der Waals surface area contributed by atoms with Crippen molar-refractivity contribution in [3.05, 3.63) is 0 Å². The fraction of sp³-hybridized carbons (Fsp3) is 0.846. The molecule has 0 saturated carbocycles. The van der Waals surface area contributed by atoms with Gasteiger partial charge in [-0.15, -0.1) is 0 Å². The molecule has 106 valence electrons. The van der Waals surface area contributed by atoms with Crippen molar-refractivity contribution in [1.29, 1.82) is 0 Å². The summed E-state index contributed by atoms with van der Waals surface area (Å²) in [5.41, 5.74) is -1.59. The maximum Gasteiger partial charge on any atom is 0.408 e. The van der Waals surface area contributed by atoms with Crippen LogP contribution in [0, 0.1) is 0 Å². The number of nitrogens with one attached hydrogen (secondary N) is 1. The molecule has 0 aliphatic heterocycles. The van der Waals surface area contributed by atoms with Gasteiger partial charge in [0.25, 0.3) is 0 Å². The summed E-state index contributed by atoms with van der Waals surface area (Å²) in [7, 11) is 1.32. The molecule has 1 N–H and O–H groups in total. The van der Waals surface area contributed by atoms with E-state index in [1.165, 1.54) is 7.11 Å². The maximum atomic E-state index is 11.9. The second kappa shape index (κ2) is 6.61. The van der Waals surface area contributed by atoms with Gasteiger partial charge in [0, 0.05) is 0 Å². The van der Waals surface area contributed by atoms with Crippen molar-refractivity contribution >= 4 is 12.1 Å². The zero-order valence-electron chi connectivity index (χ0n) is 12.3. The lowest BCUT2D eigenvalue weighted by Gasteiger charge is -2.31. The van der Waals surface area contributed by atoms with Gasteiger partial charge in [0.1, 0.15) is 11.1 Å². The summed E-state index contributed by atoms with van der Waals surface area (Å²) in [6.45, 7) is 9.11. The third kappa shape index (κ3) is 4.94. The number of esters is 1. The number of ether oxygens (including phenoxy) is 2. The molecule has 0 saturated heterocycles. The second-order valence-corrected chi connectivity index (χ2v) is 5.30. The Balaban J connectivity index is 4.89. The molecule has 0 spiro atoms. The molecular weight excluding hydrogens is 234 g/mol.